The van der Waals surface area contributed by atoms with Crippen LogP contribution in [-0.4, -0.2) is 59.5 Å². The first-order valence-electron chi connectivity index (χ1n) is 12.1. The number of likely N-dealkylation sites (tertiary alicyclic amines) is 1. The molecule has 2 fully saturated rings. The van der Waals surface area contributed by atoms with Crippen LogP contribution in [0.2, 0.25) is 0 Å². The molecule has 2 aliphatic heterocycles. The highest BCUT2D eigenvalue weighted by Crippen LogP contribution is 2.24. The number of hydrogen-bond acceptors (Lipinski definition) is 6. The number of carbonyl (C=O) groups is 1. The third kappa shape index (κ3) is 4.62. The van der Waals surface area contributed by atoms with Crippen LogP contribution in [0, 0.1) is 11.3 Å². The molecule has 2 saturated heterocycles. The number of nitrogens with zero attached hydrogens (tertiary/aromatic N) is 6. The SMILES string of the molecule is N#C/C(=C\c1c(N2CCN(c3ccccc3)CC2)nc2ccccn2c1=O)C(=O)N1CCCCC1. The van der Waals surface area contributed by atoms with Gasteiger partial charge in [0.05, 0.1) is 5.56 Å². The zero-order valence-corrected chi connectivity index (χ0v) is 19.6. The van der Waals surface area contributed by atoms with Crippen molar-refractivity contribution in [1.82, 2.24) is 14.3 Å². The topological polar surface area (TPSA) is 85.0 Å². The average Bonchev–Trinajstić information content (AvgIpc) is 2.93. The number of carbonyl (C=O) groups excluding carboxylic acids is 1. The summed E-state index contributed by atoms with van der Waals surface area (Å²) in [5.74, 6) is 0.206. The molecule has 0 N–H and O–H groups in total. The molecule has 0 saturated carbocycles. The predicted octanol–water partition coefficient (Wildman–Crippen LogP) is 2.94. The molecule has 0 unspecified atom stereocenters. The minimum absolute atomic E-state index is 0.0224. The normalized spacial score (nSPS) is 16.9. The van der Waals surface area contributed by atoms with Gasteiger partial charge in [0.15, 0.2) is 0 Å². The van der Waals surface area contributed by atoms with Gasteiger partial charge in [-0.25, -0.2) is 4.98 Å². The van der Waals surface area contributed by atoms with E-state index >= 15 is 0 Å². The first-order chi connectivity index (χ1) is 17.2. The smallest absolute Gasteiger partial charge is 0.267 e. The van der Waals surface area contributed by atoms with E-state index in [0.29, 0.717) is 37.6 Å². The summed E-state index contributed by atoms with van der Waals surface area (Å²) in [5, 5.41) is 9.84. The highest BCUT2D eigenvalue weighted by atomic mass is 16.2. The Bertz CT molecular complexity index is 1340. The van der Waals surface area contributed by atoms with E-state index in [4.69, 9.17) is 4.98 Å². The lowest BCUT2D eigenvalue weighted by Crippen LogP contribution is -2.47. The molecule has 3 aromatic rings. The van der Waals surface area contributed by atoms with Gasteiger partial charge in [-0.2, -0.15) is 5.26 Å². The fourth-order valence-corrected chi connectivity index (χ4v) is 4.83. The first-order valence-corrected chi connectivity index (χ1v) is 12.1. The number of piperidine rings is 1. The van der Waals surface area contributed by atoms with Crippen molar-refractivity contribution in [3.8, 4) is 6.07 Å². The largest absolute Gasteiger partial charge is 0.368 e. The quantitative estimate of drug-likeness (QED) is 0.432. The van der Waals surface area contributed by atoms with Gasteiger partial charge in [0, 0.05) is 51.2 Å². The van der Waals surface area contributed by atoms with Crippen molar-refractivity contribution in [2.75, 3.05) is 49.1 Å². The average molecular weight is 469 g/mol. The molecule has 1 amide bonds. The van der Waals surface area contributed by atoms with Gasteiger partial charge in [-0.15, -0.1) is 0 Å². The molecular formula is C27H28N6O2. The predicted molar refractivity (Wildman–Crippen MR) is 136 cm³/mol. The molecule has 4 heterocycles. The maximum Gasteiger partial charge on any atom is 0.267 e. The van der Waals surface area contributed by atoms with E-state index in [1.165, 1.54) is 10.5 Å². The van der Waals surface area contributed by atoms with Crippen molar-refractivity contribution in [2.24, 2.45) is 0 Å². The van der Waals surface area contributed by atoms with Gasteiger partial charge in [-0.05, 0) is 49.6 Å². The Hall–Kier alpha value is -4.12. The number of rotatable bonds is 4. The minimum Gasteiger partial charge on any atom is -0.368 e. The van der Waals surface area contributed by atoms with Crippen LogP contribution < -0.4 is 15.4 Å². The lowest BCUT2D eigenvalue weighted by atomic mass is 10.1. The van der Waals surface area contributed by atoms with Crippen molar-refractivity contribution >= 4 is 29.1 Å². The zero-order chi connectivity index (χ0) is 24.2. The monoisotopic (exact) mass is 468 g/mol. The number of amides is 1. The van der Waals surface area contributed by atoms with Gasteiger partial charge in [-0.3, -0.25) is 14.0 Å². The summed E-state index contributed by atoms with van der Waals surface area (Å²) in [6, 6.07) is 17.7. The van der Waals surface area contributed by atoms with Gasteiger partial charge in [-0.1, -0.05) is 24.3 Å². The number of piperazine rings is 1. The summed E-state index contributed by atoms with van der Waals surface area (Å²) in [4.78, 5) is 37.5. The molecule has 178 valence electrons. The van der Waals surface area contributed by atoms with Crippen LogP contribution in [0.4, 0.5) is 11.5 Å². The van der Waals surface area contributed by atoms with E-state index in [1.807, 2.05) is 30.3 Å². The zero-order valence-electron chi connectivity index (χ0n) is 19.6. The Labute approximate surface area is 204 Å². The third-order valence-electron chi connectivity index (χ3n) is 6.73. The maximum atomic E-state index is 13.5. The molecule has 8 heteroatoms. The molecule has 0 aliphatic carbocycles. The summed E-state index contributed by atoms with van der Waals surface area (Å²) < 4.78 is 1.47. The van der Waals surface area contributed by atoms with Gasteiger partial charge >= 0.3 is 0 Å². The second-order valence-electron chi connectivity index (χ2n) is 8.92. The molecule has 5 rings (SSSR count). The Morgan fingerprint density at radius 2 is 1.57 bits per heavy atom. The molecule has 1 aromatic carbocycles. The molecule has 2 aromatic heterocycles. The molecule has 0 radical (unpaired) electrons. The van der Waals surface area contributed by atoms with E-state index in [2.05, 4.69) is 21.9 Å². The van der Waals surface area contributed by atoms with Crippen LogP contribution in [0.25, 0.3) is 11.7 Å². The van der Waals surface area contributed by atoms with Gasteiger partial charge in [0.2, 0.25) is 0 Å². The van der Waals surface area contributed by atoms with Crippen LogP contribution in [0.3, 0.4) is 0 Å². The van der Waals surface area contributed by atoms with Gasteiger partial charge in [0.1, 0.15) is 23.1 Å². The number of aromatic nitrogens is 2. The fourth-order valence-electron chi connectivity index (χ4n) is 4.83. The standard InChI is InChI=1S/C27H28N6O2/c28-20-21(26(34)32-12-6-2-7-13-32)19-23-25(29-24-11-5-8-14-33(24)27(23)35)31-17-15-30(16-18-31)22-9-3-1-4-10-22/h1,3-5,8-11,14,19H,2,6-7,12-13,15-18H2/b21-19+. The number of fused-ring (bicyclic) bond motifs is 1. The van der Waals surface area contributed by atoms with Crippen LogP contribution in [0.15, 0.2) is 65.1 Å². The lowest BCUT2D eigenvalue weighted by Gasteiger charge is -2.37. The van der Waals surface area contributed by atoms with Gasteiger partial charge < -0.3 is 14.7 Å². The van der Waals surface area contributed by atoms with Crippen LogP contribution in [0.1, 0.15) is 24.8 Å². The lowest BCUT2D eigenvalue weighted by molar-refractivity contribution is -0.127. The summed E-state index contributed by atoms with van der Waals surface area (Å²) in [6.45, 7) is 4.18. The minimum atomic E-state index is -0.315. The second-order valence-corrected chi connectivity index (χ2v) is 8.92. The molecule has 8 nitrogen and oxygen atoms in total. The van der Waals surface area contributed by atoms with Crippen molar-refractivity contribution in [3.63, 3.8) is 0 Å². The van der Waals surface area contributed by atoms with E-state index < -0.39 is 0 Å². The number of benzene rings is 1. The van der Waals surface area contributed by atoms with Crippen molar-refractivity contribution in [1.29, 1.82) is 5.26 Å². The molecule has 35 heavy (non-hydrogen) atoms. The van der Waals surface area contributed by atoms with Crippen LogP contribution >= 0.6 is 0 Å². The molecule has 2 aliphatic rings. The number of nitriles is 1. The van der Waals surface area contributed by atoms with Crippen molar-refractivity contribution < 1.29 is 4.79 Å². The molecular weight excluding hydrogens is 440 g/mol. The van der Waals surface area contributed by atoms with Crippen molar-refractivity contribution in [3.05, 3.63) is 76.2 Å². The summed E-state index contributed by atoms with van der Waals surface area (Å²) in [7, 11) is 0. The Kier molecular flexibility index (Phi) is 6.49. The Morgan fingerprint density at radius 3 is 2.29 bits per heavy atom. The summed E-state index contributed by atoms with van der Waals surface area (Å²) in [5.41, 5.74) is 1.68. The fraction of sp³-hybridized carbons (Fsp3) is 0.333. The van der Waals surface area contributed by atoms with Crippen LogP contribution in [-0.2, 0) is 4.79 Å². The third-order valence-corrected chi connectivity index (χ3v) is 6.73. The van der Waals surface area contributed by atoms with Crippen LogP contribution in [0.5, 0.6) is 0 Å². The van der Waals surface area contributed by atoms with E-state index in [1.54, 1.807) is 23.2 Å². The summed E-state index contributed by atoms with van der Waals surface area (Å²) in [6.07, 6.45) is 6.07. The Balaban J connectivity index is 1.51. The first kappa shape index (κ1) is 22.7. The second kappa shape index (κ2) is 10.0. The van der Waals surface area contributed by atoms with E-state index in [9.17, 15) is 14.9 Å². The van der Waals surface area contributed by atoms with Crippen molar-refractivity contribution in [2.45, 2.75) is 19.3 Å². The van der Waals surface area contributed by atoms with Gasteiger partial charge in [0.25, 0.3) is 11.5 Å². The number of pyridine rings is 1. The maximum absolute atomic E-state index is 13.5. The highest BCUT2D eigenvalue weighted by molar-refractivity contribution is 6.02. The molecule has 0 atom stereocenters. The number of hydrogen-bond donors (Lipinski definition) is 0. The molecule has 0 spiro atoms. The van der Waals surface area contributed by atoms with E-state index in [-0.39, 0.29) is 22.6 Å². The Morgan fingerprint density at radius 1 is 0.886 bits per heavy atom. The number of anilines is 2. The highest BCUT2D eigenvalue weighted by Gasteiger charge is 2.25. The van der Waals surface area contributed by atoms with E-state index in [0.717, 1.165) is 38.0 Å². The molecule has 0 bridgehead atoms. The number of para-hydroxylation sites is 1. The summed E-state index contributed by atoms with van der Waals surface area (Å²) >= 11 is 0.